The van der Waals surface area contributed by atoms with E-state index in [2.05, 4.69) is 5.32 Å². The Morgan fingerprint density at radius 1 is 1.04 bits per heavy atom. The van der Waals surface area contributed by atoms with Gasteiger partial charge in [0.25, 0.3) is 5.91 Å². The van der Waals surface area contributed by atoms with Gasteiger partial charge >= 0.3 is 0 Å². The third-order valence-corrected chi connectivity index (χ3v) is 4.15. The van der Waals surface area contributed by atoms with E-state index >= 15 is 0 Å². The largest absolute Gasteiger partial charge is 0.484 e. The Labute approximate surface area is 161 Å². The van der Waals surface area contributed by atoms with Crippen molar-refractivity contribution >= 4 is 11.8 Å². The van der Waals surface area contributed by atoms with Gasteiger partial charge in [-0.25, -0.2) is 0 Å². The van der Waals surface area contributed by atoms with E-state index < -0.39 is 6.04 Å². The van der Waals surface area contributed by atoms with Crippen molar-refractivity contribution in [2.75, 3.05) is 6.61 Å². The van der Waals surface area contributed by atoms with Gasteiger partial charge in [-0.1, -0.05) is 42.5 Å². The third kappa shape index (κ3) is 6.44. The lowest BCUT2D eigenvalue weighted by atomic mass is 10.1. The van der Waals surface area contributed by atoms with Gasteiger partial charge in [-0.2, -0.15) is 0 Å². The average Bonchev–Trinajstić information content (AvgIpc) is 2.64. The number of carbonyl (C=O) groups excluding carboxylic acids is 2. The van der Waals surface area contributed by atoms with E-state index in [1.54, 1.807) is 11.8 Å². The van der Waals surface area contributed by atoms with E-state index in [1.165, 1.54) is 0 Å². The number of hydrogen-bond donors (Lipinski definition) is 1. The Kier molecular flexibility index (Phi) is 7.41. The Balaban J connectivity index is 2.11. The molecule has 0 aromatic heterocycles. The molecule has 2 rings (SSSR count). The van der Waals surface area contributed by atoms with Gasteiger partial charge in [0.05, 0.1) is 0 Å². The van der Waals surface area contributed by atoms with E-state index in [-0.39, 0.29) is 24.5 Å². The predicted molar refractivity (Wildman–Crippen MR) is 106 cm³/mol. The van der Waals surface area contributed by atoms with E-state index in [1.807, 2.05) is 75.4 Å². The molecule has 1 N–H and O–H groups in total. The fourth-order valence-corrected chi connectivity index (χ4v) is 2.70. The van der Waals surface area contributed by atoms with E-state index in [4.69, 9.17) is 4.74 Å². The van der Waals surface area contributed by atoms with Crippen LogP contribution in [0.25, 0.3) is 0 Å². The molecule has 2 aromatic rings. The molecule has 2 aromatic carbocycles. The molecule has 0 heterocycles. The second-order valence-corrected chi connectivity index (χ2v) is 6.95. The summed E-state index contributed by atoms with van der Waals surface area (Å²) in [6, 6.07) is 16.6. The Morgan fingerprint density at radius 3 is 2.37 bits per heavy atom. The molecule has 5 heteroatoms. The topological polar surface area (TPSA) is 58.6 Å². The van der Waals surface area contributed by atoms with Gasteiger partial charge in [-0.3, -0.25) is 9.59 Å². The highest BCUT2D eigenvalue weighted by atomic mass is 16.5. The van der Waals surface area contributed by atoms with Crippen LogP contribution in [0.4, 0.5) is 0 Å². The molecule has 27 heavy (non-hydrogen) atoms. The first-order valence-corrected chi connectivity index (χ1v) is 9.20. The van der Waals surface area contributed by atoms with Crippen molar-refractivity contribution in [3.8, 4) is 5.75 Å². The summed E-state index contributed by atoms with van der Waals surface area (Å²) in [5, 5.41) is 2.87. The van der Waals surface area contributed by atoms with Crippen molar-refractivity contribution in [3.63, 3.8) is 0 Å². The summed E-state index contributed by atoms with van der Waals surface area (Å²) in [6.07, 6.45) is 0. The standard InChI is InChI=1S/C22H28N2O3/c1-16(2)23-22(26)18(4)24(14-19-10-6-5-7-11-19)21(25)15-27-20-12-8-9-17(3)13-20/h5-13,16,18H,14-15H2,1-4H3,(H,23,26). The molecular weight excluding hydrogens is 340 g/mol. The minimum Gasteiger partial charge on any atom is -0.484 e. The van der Waals surface area contributed by atoms with Gasteiger partial charge in [0.15, 0.2) is 6.61 Å². The number of amides is 2. The van der Waals surface area contributed by atoms with Crippen LogP contribution in [0, 0.1) is 6.92 Å². The van der Waals surface area contributed by atoms with Gasteiger partial charge in [0.1, 0.15) is 11.8 Å². The summed E-state index contributed by atoms with van der Waals surface area (Å²) in [7, 11) is 0. The monoisotopic (exact) mass is 368 g/mol. The van der Waals surface area contributed by atoms with Crippen LogP contribution >= 0.6 is 0 Å². The molecule has 0 bridgehead atoms. The summed E-state index contributed by atoms with van der Waals surface area (Å²) in [5.41, 5.74) is 2.02. The van der Waals surface area contributed by atoms with Gasteiger partial charge in [0, 0.05) is 12.6 Å². The fraction of sp³-hybridized carbons (Fsp3) is 0.364. The van der Waals surface area contributed by atoms with Crippen LogP contribution in [0.3, 0.4) is 0 Å². The summed E-state index contributed by atoms with van der Waals surface area (Å²) >= 11 is 0. The maximum absolute atomic E-state index is 12.9. The van der Waals surface area contributed by atoms with Crippen LogP contribution in [-0.2, 0) is 16.1 Å². The molecule has 2 amide bonds. The van der Waals surface area contributed by atoms with E-state index in [0.29, 0.717) is 12.3 Å². The summed E-state index contributed by atoms with van der Waals surface area (Å²) in [6.45, 7) is 7.74. The Morgan fingerprint density at radius 2 is 1.74 bits per heavy atom. The lowest BCUT2D eigenvalue weighted by Crippen LogP contribution is -2.50. The lowest BCUT2D eigenvalue weighted by molar-refractivity contribution is -0.142. The molecule has 0 radical (unpaired) electrons. The van der Waals surface area contributed by atoms with Crippen LogP contribution in [0.1, 0.15) is 31.9 Å². The van der Waals surface area contributed by atoms with E-state index in [0.717, 1.165) is 11.1 Å². The maximum Gasteiger partial charge on any atom is 0.261 e. The smallest absolute Gasteiger partial charge is 0.261 e. The number of rotatable bonds is 8. The number of aryl methyl sites for hydroxylation is 1. The quantitative estimate of drug-likeness (QED) is 0.778. The Hall–Kier alpha value is -2.82. The number of carbonyl (C=O) groups is 2. The normalized spacial score (nSPS) is 11.7. The molecule has 0 saturated heterocycles. The minimum absolute atomic E-state index is 0.0113. The van der Waals surface area contributed by atoms with Crippen molar-refractivity contribution in [3.05, 3.63) is 65.7 Å². The molecule has 0 fully saturated rings. The third-order valence-electron chi connectivity index (χ3n) is 4.15. The van der Waals surface area contributed by atoms with Gasteiger partial charge in [-0.05, 0) is 51.0 Å². The Bertz CT molecular complexity index is 759. The van der Waals surface area contributed by atoms with Crippen LogP contribution in [0.15, 0.2) is 54.6 Å². The molecule has 0 aliphatic heterocycles. The van der Waals surface area contributed by atoms with Crippen LogP contribution in [0.5, 0.6) is 5.75 Å². The molecule has 1 atom stereocenters. The van der Waals surface area contributed by atoms with Crippen molar-refractivity contribution < 1.29 is 14.3 Å². The minimum atomic E-state index is -0.596. The SMILES string of the molecule is Cc1cccc(OCC(=O)N(Cc2ccccc2)C(C)C(=O)NC(C)C)c1. The molecule has 0 saturated carbocycles. The first-order chi connectivity index (χ1) is 12.9. The number of hydrogen-bond acceptors (Lipinski definition) is 3. The van der Waals surface area contributed by atoms with Crippen molar-refractivity contribution in [2.45, 2.75) is 46.3 Å². The second kappa shape index (κ2) is 9.76. The zero-order chi connectivity index (χ0) is 19.8. The van der Waals surface area contributed by atoms with Gasteiger partial charge in [-0.15, -0.1) is 0 Å². The van der Waals surface area contributed by atoms with Crippen LogP contribution in [-0.4, -0.2) is 35.4 Å². The summed E-state index contributed by atoms with van der Waals surface area (Å²) in [5.74, 6) is 0.235. The highest BCUT2D eigenvalue weighted by molar-refractivity contribution is 5.88. The lowest BCUT2D eigenvalue weighted by Gasteiger charge is -2.29. The average molecular weight is 368 g/mol. The van der Waals surface area contributed by atoms with Crippen molar-refractivity contribution in [1.29, 1.82) is 0 Å². The second-order valence-electron chi connectivity index (χ2n) is 6.95. The maximum atomic E-state index is 12.9. The van der Waals surface area contributed by atoms with Crippen molar-refractivity contribution in [2.24, 2.45) is 0 Å². The van der Waals surface area contributed by atoms with Crippen LogP contribution in [0.2, 0.25) is 0 Å². The molecular formula is C22H28N2O3. The first-order valence-electron chi connectivity index (χ1n) is 9.20. The highest BCUT2D eigenvalue weighted by Gasteiger charge is 2.26. The fourth-order valence-electron chi connectivity index (χ4n) is 2.70. The first kappa shape index (κ1) is 20.5. The number of benzene rings is 2. The molecule has 1 unspecified atom stereocenters. The van der Waals surface area contributed by atoms with E-state index in [9.17, 15) is 9.59 Å². The van der Waals surface area contributed by atoms with Crippen LogP contribution < -0.4 is 10.1 Å². The summed E-state index contributed by atoms with van der Waals surface area (Å²) < 4.78 is 5.66. The van der Waals surface area contributed by atoms with Crippen molar-refractivity contribution in [1.82, 2.24) is 10.2 Å². The number of nitrogens with zero attached hydrogens (tertiary/aromatic N) is 1. The molecule has 0 aliphatic rings. The zero-order valence-corrected chi connectivity index (χ0v) is 16.4. The highest BCUT2D eigenvalue weighted by Crippen LogP contribution is 2.14. The molecule has 0 spiro atoms. The number of ether oxygens (including phenoxy) is 1. The van der Waals surface area contributed by atoms with Gasteiger partial charge < -0.3 is 15.0 Å². The molecule has 0 aliphatic carbocycles. The molecule has 144 valence electrons. The zero-order valence-electron chi connectivity index (χ0n) is 16.4. The predicted octanol–water partition coefficient (Wildman–Crippen LogP) is 3.32. The van der Waals surface area contributed by atoms with Gasteiger partial charge in [0.2, 0.25) is 5.91 Å². The molecule has 5 nitrogen and oxygen atoms in total. The summed E-state index contributed by atoms with van der Waals surface area (Å²) in [4.78, 5) is 26.9. The number of nitrogens with one attached hydrogen (secondary N) is 1.